The highest BCUT2D eigenvalue weighted by molar-refractivity contribution is 6.73. The SMILES string of the molecule is CC(C)(C)c1ccc(Nc2c(-c3cc(-c4ccccc4)cc4c3Bc3cc(-c5ccccc5)cc5c6cc(-c7ccccc7)ccc6n-4c35)ccc3ccccc23)cc1. The molecule has 10 aromatic rings. The minimum atomic E-state index is 0.0773. The van der Waals surface area contributed by atoms with E-state index >= 15 is 0 Å². The fraction of sp³-hybridized carbons (Fsp3) is 0.0714. The molecule has 2 nitrogen and oxygen atoms in total. The van der Waals surface area contributed by atoms with Crippen molar-refractivity contribution in [3.05, 3.63) is 200 Å². The van der Waals surface area contributed by atoms with Crippen LogP contribution in [0.3, 0.4) is 0 Å². The lowest BCUT2D eigenvalue weighted by atomic mass is 9.58. The van der Waals surface area contributed by atoms with Gasteiger partial charge in [-0.25, -0.2) is 0 Å². The van der Waals surface area contributed by atoms with Crippen LogP contribution in [0.2, 0.25) is 0 Å². The Balaban J connectivity index is 1.20. The normalized spacial score (nSPS) is 12.1. The van der Waals surface area contributed by atoms with E-state index < -0.39 is 0 Å². The molecule has 0 saturated heterocycles. The van der Waals surface area contributed by atoms with Gasteiger partial charge in [0.1, 0.15) is 0 Å². The van der Waals surface area contributed by atoms with Crippen LogP contribution in [0.4, 0.5) is 11.4 Å². The van der Waals surface area contributed by atoms with Crippen molar-refractivity contribution in [2.45, 2.75) is 26.2 Å². The molecular weight excluding hydrogens is 711 g/mol. The van der Waals surface area contributed by atoms with Gasteiger partial charge in [-0.05, 0) is 103 Å². The summed E-state index contributed by atoms with van der Waals surface area (Å²) in [5, 5.41) is 8.94. The first-order chi connectivity index (χ1) is 28.9. The van der Waals surface area contributed by atoms with Crippen LogP contribution in [-0.4, -0.2) is 11.8 Å². The minimum Gasteiger partial charge on any atom is -0.355 e. The molecular formula is C56H43BN2. The first kappa shape index (κ1) is 35.1. The smallest absolute Gasteiger partial charge is 0.198 e. The van der Waals surface area contributed by atoms with Crippen LogP contribution in [-0.2, 0) is 5.41 Å². The van der Waals surface area contributed by atoms with Gasteiger partial charge in [-0.1, -0.05) is 178 Å². The number of nitrogens with one attached hydrogen (secondary N) is 1. The van der Waals surface area contributed by atoms with Crippen molar-refractivity contribution in [1.82, 2.24) is 4.57 Å². The molecule has 0 unspecified atom stereocenters. The standard InChI is InChI=1S/C56H43BN2/c1-56(2,3)43-25-27-44(28-26-43)58-54-45-22-14-13-21-39(45)23-29-46(54)48-32-42(38-19-11-6-12-20-38)35-52-53(48)57-50-34-41(37-17-9-5-10-18-37)33-49-47-31-40(36-15-7-4-8-16-36)24-30-51(47)59(52)55(49)50/h4-35,57-58H,1-3H3. The maximum absolute atomic E-state index is 3.97. The molecule has 1 aromatic heterocycles. The van der Waals surface area contributed by atoms with Crippen LogP contribution >= 0.6 is 0 Å². The highest BCUT2D eigenvalue weighted by Crippen LogP contribution is 2.42. The molecule has 0 bridgehead atoms. The molecule has 280 valence electrons. The molecule has 0 aliphatic carbocycles. The predicted molar refractivity (Wildman–Crippen MR) is 255 cm³/mol. The van der Waals surface area contributed by atoms with E-state index in [-0.39, 0.29) is 5.41 Å². The summed E-state index contributed by atoms with van der Waals surface area (Å²) in [5.74, 6) is 0. The Hall–Kier alpha value is -7.10. The van der Waals surface area contributed by atoms with Gasteiger partial charge in [0.15, 0.2) is 7.28 Å². The van der Waals surface area contributed by atoms with Crippen LogP contribution < -0.4 is 16.2 Å². The average Bonchev–Trinajstić information content (AvgIpc) is 3.61. The van der Waals surface area contributed by atoms with Crippen molar-refractivity contribution >= 4 is 62.2 Å². The Kier molecular flexibility index (Phi) is 8.20. The lowest BCUT2D eigenvalue weighted by Gasteiger charge is -2.26. The van der Waals surface area contributed by atoms with E-state index in [1.54, 1.807) is 0 Å². The maximum atomic E-state index is 3.97. The summed E-state index contributed by atoms with van der Waals surface area (Å²) < 4.78 is 2.57. The van der Waals surface area contributed by atoms with Crippen molar-refractivity contribution in [2.75, 3.05) is 5.32 Å². The monoisotopic (exact) mass is 754 g/mol. The van der Waals surface area contributed by atoms with Crippen molar-refractivity contribution in [2.24, 2.45) is 0 Å². The molecule has 1 N–H and O–H groups in total. The Bertz CT molecular complexity index is 3210. The Morgan fingerprint density at radius 3 is 1.75 bits per heavy atom. The highest BCUT2D eigenvalue weighted by Gasteiger charge is 2.28. The second-order valence-corrected chi connectivity index (χ2v) is 17.1. The lowest BCUT2D eigenvalue weighted by molar-refractivity contribution is 0.590. The Morgan fingerprint density at radius 1 is 0.458 bits per heavy atom. The lowest BCUT2D eigenvalue weighted by Crippen LogP contribution is -2.37. The summed E-state index contributed by atoms with van der Waals surface area (Å²) in [4.78, 5) is 0. The van der Waals surface area contributed by atoms with E-state index in [9.17, 15) is 0 Å². The molecule has 0 radical (unpaired) electrons. The molecule has 0 spiro atoms. The third-order valence-electron chi connectivity index (χ3n) is 12.3. The van der Waals surface area contributed by atoms with Gasteiger partial charge < -0.3 is 9.88 Å². The zero-order valence-corrected chi connectivity index (χ0v) is 33.6. The molecule has 2 heterocycles. The molecule has 1 aliphatic heterocycles. The number of hydrogen-bond acceptors (Lipinski definition) is 1. The zero-order valence-electron chi connectivity index (χ0n) is 33.6. The van der Waals surface area contributed by atoms with Gasteiger partial charge in [0, 0.05) is 38.6 Å². The summed E-state index contributed by atoms with van der Waals surface area (Å²) in [6.45, 7) is 6.81. The van der Waals surface area contributed by atoms with Crippen molar-refractivity contribution in [3.63, 3.8) is 0 Å². The summed E-state index contributed by atoms with van der Waals surface area (Å²) >= 11 is 0. The van der Waals surface area contributed by atoms with Crippen molar-refractivity contribution in [1.29, 1.82) is 0 Å². The van der Waals surface area contributed by atoms with E-state index in [4.69, 9.17) is 0 Å². The molecule has 3 heteroatoms. The van der Waals surface area contributed by atoms with E-state index in [2.05, 4.69) is 225 Å². The van der Waals surface area contributed by atoms with E-state index in [0.717, 1.165) is 18.7 Å². The fourth-order valence-corrected chi connectivity index (χ4v) is 9.32. The van der Waals surface area contributed by atoms with Gasteiger partial charge in [-0.15, -0.1) is 0 Å². The second kappa shape index (κ2) is 13.8. The molecule has 1 aliphatic rings. The van der Waals surface area contributed by atoms with Gasteiger partial charge in [0.25, 0.3) is 0 Å². The number of rotatable bonds is 6. The quantitative estimate of drug-likeness (QED) is 0.167. The number of benzene rings is 9. The van der Waals surface area contributed by atoms with Crippen molar-refractivity contribution < 1.29 is 0 Å². The van der Waals surface area contributed by atoms with Gasteiger partial charge in [-0.3, -0.25) is 0 Å². The summed E-state index contributed by atoms with van der Waals surface area (Å²) in [7, 11) is 0.811. The summed E-state index contributed by atoms with van der Waals surface area (Å²) in [6, 6.07) is 71.7. The minimum absolute atomic E-state index is 0.0773. The van der Waals surface area contributed by atoms with Gasteiger partial charge in [-0.2, -0.15) is 0 Å². The largest absolute Gasteiger partial charge is 0.355 e. The Morgan fingerprint density at radius 2 is 1.07 bits per heavy atom. The second-order valence-electron chi connectivity index (χ2n) is 17.1. The fourth-order valence-electron chi connectivity index (χ4n) is 9.32. The first-order valence-corrected chi connectivity index (χ1v) is 20.7. The molecule has 0 fully saturated rings. The summed E-state index contributed by atoms with van der Waals surface area (Å²) in [6.07, 6.45) is 0. The van der Waals surface area contributed by atoms with Gasteiger partial charge in [0.2, 0.25) is 0 Å². The Labute approximate surface area is 346 Å². The van der Waals surface area contributed by atoms with E-state index in [1.165, 1.54) is 99.3 Å². The van der Waals surface area contributed by atoms with Crippen molar-refractivity contribution in [3.8, 4) is 50.2 Å². The van der Waals surface area contributed by atoms with Gasteiger partial charge in [0.05, 0.1) is 11.2 Å². The van der Waals surface area contributed by atoms with Crippen LogP contribution in [0.5, 0.6) is 0 Å². The number of fused-ring (bicyclic) bond motifs is 6. The zero-order chi connectivity index (χ0) is 39.7. The number of hydrogen-bond donors (Lipinski definition) is 1. The van der Waals surface area contributed by atoms with Crippen LogP contribution in [0.1, 0.15) is 26.3 Å². The van der Waals surface area contributed by atoms with Crippen LogP contribution in [0.15, 0.2) is 194 Å². The van der Waals surface area contributed by atoms with Crippen LogP contribution in [0.25, 0.3) is 82.8 Å². The molecule has 0 atom stereocenters. The molecule has 9 aromatic carbocycles. The number of anilines is 2. The van der Waals surface area contributed by atoms with Crippen LogP contribution in [0, 0.1) is 0 Å². The first-order valence-electron chi connectivity index (χ1n) is 20.7. The third kappa shape index (κ3) is 6.05. The third-order valence-corrected chi connectivity index (χ3v) is 12.3. The maximum Gasteiger partial charge on any atom is 0.198 e. The highest BCUT2D eigenvalue weighted by atomic mass is 15.0. The molecule has 0 amide bonds. The predicted octanol–water partition coefficient (Wildman–Crippen LogP) is 13.3. The number of nitrogens with zero attached hydrogens (tertiary/aromatic N) is 1. The molecule has 59 heavy (non-hydrogen) atoms. The topological polar surface area (TPSA) is 17.0 Å². The van der Waals surface area contributed by atoms with E-state index in [1.807, 2.05) is 0 Å². The number of aromatic nitrogens is 1. The van der Waals surface area contributed by atoms with E-state index in [0.29, 0.717) is 0 Å². The average molecular weight is 755 g/mol. The summed E-state index contributed by atoms with van der Waals surface area (Å²) in [5.41, 5.74) is 19.8. The van der Waals surface area contributed by atoms with Gasteiger partial charge >= 0.3 is 0 Å². The molecule has 0 saturated carbocycles. The molecule has 11 rings (SSSR count).